The largest absolute Gasteiger partial charge is 0.507 e. The SMILES string of the molecule is O=C(c1ccccc1O)N1CCN(C(=O)c2cn[nH]c2-c2ccccc2)CC1. The van der Waals surface area contributed by atoms with Gasteiger partial charge in [-0.15, -0.1) is 0 Å². The van der Waals surface area contributed by atoms with Gasteiger partial charge in [-0.1, -0.05) is 42.5 Å². The minimum atomic E-state index is -0.224. The molecule has 4 rings (SSSR count). The van der Waals surface area contributed by atoms with Crippen molar-refractivity contribution in [1.29, 1.82) is 0 Å². The van der Waals surface area contributed by atoms with Crippen molar-refractivity contribution in [2.45, 2.75) is 0 Å². The first kappa shape index (κ1) is 17.8. The number of aromatic nitrogens is 2. The number of carbonyl (C=O) groups is 2. The van der Waals surface area contributed by atoms with Gasteiger partial charge in [-0.3, -0.25) is 14.7 Å². The molecule has 0 aliphatic carbocycles. The Kier molecular flexibility index (Phi) is 4.80. The van der Waals surface area contributed by atoms with E-state index in [1.54, 1.807) is 34.2 Å². The van der Waals surface area contributed by atoms with Crippen molar-refractivity contribution in [3.63, 3.8) is 0 Å². The first-order chi connectivity index (χ1) is 13.6. The second-order valence-corrected chi connectivity index (χ2v) is 6.63. The number of amides is 2. The van der Waals surface area contributed by atoms with E-state index < -0.39 is 0 Å². The van der Waals surface area contributed by atoms with Crippen molar-refractivity contribution in [2.24, 2.45) is 0 Å². The fourth-order valence-corrected chi connectivity index (χ4v) is 3.38. The van der Waals surface area contributed by atoms with Gasteiger partial charge in [0.15, 0.2) is 0 Å². The maximum atomic E-state index is 13.0. The van der Waals surface area contributed by atoms with E-state index in [2.05, 4.69) is 10.2 Å². The lowest BCUT2D eigenvalue weighted by atomic mass is 10.1. The molecular formula is C21H20N4O3. The van der Waals surface area contributed by atoms with E-state index >= 15 is 0 Å². The molecule has 1 saturated heterocycles. The van der Waals surface area contributed by atoms with Gasteiger partial charge in [0.05, 0.1) is 23.0 Å². The molecule has 0 spiro atoms. The number of hydrogen-bond donors (Lipinski definition) is 2. The van der Waals surface area contributed by atoms with Gasteiger partial charge in [-0.05, 0) is 12.1 Å². The number of aromatic hydroxyl groups is 1. The Balaban J connectivity index is 1.45. The molecule has 3 aromatic rings. The average Bonchev–Trinajstić information content (AvgIpc) is 3.24. The van der Waals surface area contributed by atoms with Crippen molar-refractivity contribution in [1.82, 2.24) is 20.0 Å². The molecule has 1 aliphatic heterocycles. The lowest BCUT2D eigenvalue weighted by Crippen LogP contribution is -2.50. The Labute approximate surface area is 162 Å². The molecule has 1 aromatic heterocycles. The minimum absolute atomic E-state index is 0.0306. The lowest BCUT2D eigenvalue weighted by Gasteiger charge is -2.34. The van der Waals surface area contributed by atoms with E-state index in [1.165, 1.54) is 6.07 Å². The van der Waals surface area contributed by atoms with Crippen LogP contribution in [-0.4, -0.2) is 63.1 Å². The minimum Gasteiger partial charge on any atom is -0.507 e. The van der Waals surface area contributed by atoms with E-state index in [0.29, 0.717) is 37.4 Å². The van der Waals surface area contributed by atoms with Gasteiger partial charge in [0.1, 0.15) is 5.75 Å². The molecule has 0 atom stereocenters. The summed E-state index contributed by atoms with van der Waals surface area (Å²) in [4.78, 5) is 29.0. The van der Waals surface area contributed by atoms with Crippen LogP contribution in [0.25, 0.3) is 11.3 Å². The molecule has 7 nitrogen and oxygen atoms in total. The summed E-state index contributed by atoms with van der Waals surface area (Å²) >= 11 is 0. The van der Waals surface area contributed by atoms with Crippen LogP contribution in [0.4, 0.5) is 0 Å². The molecule has 2 amide bonds. The fourth-order valence-electron chi connectivity index (χ4n) is 3.38. The summed E-state index contributed by atoms with van der Waals surface area (Å²) in [6.07, 6.45) is 1.55. The number of benzene rings is 2. The molecule has 28 heavy (non-hydrogen) atoms. The Bertz CT molecular complexity index is 992. The third kappa shape index (κ3) is 3.34. The normalized spacial score (nSPS) is 14.1. The highest BCUT2D eigenvalue weighted by atomic mass is 16.3. The first-order valence-electron chi connectivity index (χ1n) is 9.10. The third-order valence-electron chi connectivity index (χ3n) is 4.92. The molecule has 0 saturated carbocycles. The van der Waals surface area contributed by atoms with Crippen LogP contribution in [0.1, 0.15) is 20.7 Å². The second kappa shape index (κ2) is 7.56. The van der Waals surface area contributed by atoms with Crippen LogP contribution in [0.3, 0.4) is 0 Å². The Hall–Kier alpha value is -3.61. The molecule has 142 valence electrons. The van der Waals surface area contributed by atoms with E-state index in [-0.39, 0.29) is 23.1 Å². The van der Waals surface area contributed by atoms with Gasteiger partial charge in [-0.25, -0.2) is 0 Å². The molecule has 2 N–H and O–H groups in total. The summed E-state index contributed by atoms with van der Waals surface area (Å²) in [5.41, 5.74) is 2.39. The van der Waals surface area contributed by atoms with Crippen molar-refractivity contribution in [3.05, 3.63) is 71.9 Å². The standard InChI is InChI=1S/C21H20N4O3/c26-18-9-5-4-8-16(18)20(27)24-10-12-25(13-11-24)21(28)17-14-22-23-19(17)15-6-2-1-3-7-15/h1-9,14,26H,10-13H2,(H,22,23). The van der Waals surface area contributed by atoms with Crippen molar-refractivity contribution < 1.29 is 14.7 Å². The van der Waals surface area contributed by atoms with E-state index in [1.807, 2.05) is 30.3 Å². The Morgan fingerprint density at radius 3 is 2.04 bits per heavy atom. The predicted molar refractivity (Wildman–Crippen MR) is 104 cm³/mol. The summed E-state index contributed by atoms with van der Waals surface area (Å²) < 4.78 is 0. The quantitative estimate of drug-likeness (QED) is 0.734. The van der Waals surface area contributed by atoms with Crippen LogP contribution in [0.15, 0.2) is 60.8 Å². The van der Waals surface area contributed by atoms with Gasteiger partial charge >= 0.3 is 0 Å². The molecular weight excluding hydrogens is 356 g/mol. The zero-order valence-corrected chi connectivity index (χ0v) is 15.2. The highest BCUT2D eigenvalue weighted by molar-refractivity contribution is 6.00. The van der Waals surface area contributed by atoms with Crippen LogP contribution < -0.4 is 0 Å². The number of para-hydroxylation sites is 1. The van der Waals surface area contributed by atoms with Crippen LogP contribution >= 0.6 is 0 Å². The smallest absolute Gasteiger partial charge is 0.257 e. The number of nitrogens with one attached hydrogen (secondary N) is 1. The van der Waals surface area contributed by atoms with Crippen molar-refractivity contribution >= 4 is 11.8 Å². The highest BCUT2D eigenvalue weighted by Crippen LogP contribution is 2.23. The molecule has 2 aromatic carbocycles. The van der Waals surface area contributed by atoms with Crippen LogP contribution in [0.2, 0.25) is 0 Å². The topological polar surface area (TPSA) is 89.5 Å². The molecule has 7 heteroatoms. The van der Waals surface area contributed by atoms with E-state index in [0.717, 1.165) is 5.56 Å². The number of hydrogen-bond acceptors (Lipinski definition) is 4. The summed E-state index contributed by atoms with van der Waals surface area (Å²) in [6.45, 7) is 1.68. The number of nitrogens with zero attached hydrogens (tertiary/aromatic N) is 3. The zero-order chi connectivity index (χ0) is 19.5. The summed E-state index contributed by atoms with van der Waals surface area (Å²) in [5.74, 6) is -0.363. The molecule has 0 bridgehead atoms. The van der Waals surface area contributed by atoms with Crippen molar-refractivity contribution in [2.75, 3.05) is 26.2 Å². The molecule has 1 fully saturated rings. The van der Waals surface area contributed by atoms with Crippen LogP contribution in [0.5, 0.6) is 5.75 Å². The second-order valence-electron chi connectivity index (χ2n) is 6.63. The van der Waals surface area contributed by atoms with E-state index in [4.69, 9.17) is 0 Å². The van der Waals surface area contributed by atoms with Gasteiger partial charge in [0, 0.05) is 31.7 Å². The monoisotopic (exact) mass is 376 g/mol. The number of aromatic amines is 1. The molecule has 0 radical (unpaired) electrons. The number of phenols is 1. The Morgan fingerprint density at radius 1 is 0.821 bits per heavy atom. The van der Waals surface area contributed by atoms with Gasteiger partial charge in [-0.2, -0.15) is 5.10 Å². The maximum Gasteiger partial charge on any atom is 0.257 e. The summed E-state index contributed by atoms with van der Waals surface area (Å²) in [6, 6.07) is 16.1. The van der Waals surface area contributed by atoms with Crippen molar-refractivity contribution in [3.8, 4) is 17.0 Å². The third-order valence-corrected chi connectivity index (χ3v) is 4.92. The summed E-state index contributed by atoms with van der Waals surface area (Å²) in [5, 5.41) is 16.8. The number of phenolic OH excluding ortho intramolecular Hbond substituents is 1. The molecule has 2 heterocycles. The number of piperazine rings is 1. The van der Waals surface area contributed by atoms with E-state index in [9.17, 15) is 14.7 Å². The zero-order valence-electron chi connectivity index (χ0n) is 15.2. The average molecular weight is 376 g/mol. The first-order valence-corrected chi connectivity index (χ1v) is 9.10. The van der Waals surface area contributed by atoms with Gasteiger partial charge in [0.25, 0.3) is 11.8 Å². The van der Waals surface area contributed by atoms with Crippen LogP contribution in [0, 0.1) is 0 Å². The predicted octanol–water partition coefficient (Wildman–Crippen LogP) is 2.38. The lowest BCUT2D eigenvalue weighted by molar-refractivity contribution is 0.0534. The highest BCUT2D eigenvalue weighted by Gasteiger charge is 2.28. The van der Waals surface area contributed by atoms with Gasteiger partial charge in [0.2, 0.25) is 0 Å². The Morgan fingerprint density at radius 2 is 1.39 bits per heavy atom. The maximum absolute atomic E-state index is 13.0. The van der Waals surface area contributed by atoms with Gasteiger partial charge < -0.3 is 14.9 Å². The summed E-state index contributed by atoms with van der Waals surface area (Å²) in [7, 11) is 0. The fraction of sp³-hybridized carbons (Fsp3) is 0.190. The van der Waals surface area contributed by atoms with Crippen LogP contribution in [-0.2, 0) is 0 Å². The number of rotatable bonds is 3. The number of H-pyrrole nitrogens is 1. The molecule has 0 unspecified atom stereocenters. The number of carbonyl (C=O) groups excluding carboxylic acids is 2. The molecule has 1 aliphatic rings.